The van der Waals surface area contributed by atoms with Crippen LogP contribution in [0.2, 0.25) is 0 Å². The number of hydrogen-bond acceptors (Lipinski definition) is 10. The van der Waals surface area contributed by atoms with Crippen LogP contribution in [0.15, 0.2) is 35.7 Å². The predicted octanol–water partition coefficient (Wildman–Crippen LogP) is -0.293. The summed E-state index contributed by atoms with van der Waals surface area (Å²) in [5, 5.41) is 30.1. The minimum absolute atomic E-state index is 0.0551. The lowest BCUT2D eigenvalue weighted by Gasteiger charge is -2.16. The number of nitrogens with zero attached hydrogens (tertiary/aromatic N) is 5. The number of rotatable bonds is 5. The van der Waals surface area contributed by atoms with E-state index in [9.17, 15) is 15.3 Å². The van der Waals surface area contributed by atoms with E-state index in [1.807, 2.05) is 18.2 Å². The Morgan fingerprint density at radius 1 is 1.19 bits per heavy atom. The lowest BCUT2D eigenvalue weighted by atomic mass is 10.1. The fraction of sp³-hybridized carbons (Fsp3) is 0.375. The molecule has 3 aromatic heterocycles. The molecule has 0 amide bonds. The molecule has 27 heavy (non-hydrogen) atoms. The maximum atomic E-state index is 10.3. The van der Waals surface area contributed by atoms with Crippen LogP contribution in [-0.4, -0.2) is 64.7 Å². The van der Waals surface area contributed by atoms with E-state index in [0.717, 1.165) is 5.69 Å². The van der Waals surface area contributed by atoms with Crippen molar-refractivity contribution in [1.29, 1.82) is 0 Å². The molecule has 142 valence electrons. The average Bonchev–Trinajstić information content (AvgIpc) is 3.22. The second kappa shape index (κ2) is 7.37. The van der Waals surface area contributed by atoms with Gasteiger partial charge in [-0.3, -0.25) is 9.55 Å². The van der Waals surface area contributed by atoms with E-state index in [2.05, 4.69) is 19.9 Å². The van der Waals surface area contributed by atoms with Gasteiger partial charge in [0.2, 0.25) is 5.95 Å². The number of aromatic nitrogens is 5. The van der Waals surface area contributed by atoms with Crippen LogP contribution in [0.25, 0.3) is 11.2 Å². The zero-order chi connectivity index (χ0) is 19.0. The van der Waals surface area contributed by atoms with E-state index < -0.39 is 31.1 Å². The molecular weight excluding hydrogens is 372 g/mol. The number of anilines is 1. The molecule has 1 fully saturated rings. The molecule has 0 radical (unpaired) electrons. The van der Waals surface area contributed by atoms with Crippen LogP contribution in [0.1, 0.15) is 11.9 Å². The first kappa shape index (κ1) is 18.1. The molecule has 3 aromatic rings. The highest BCUT2D eigenvalue weighted by molar-refractivity contribution is 7.98. The molecule has 10 nitrogen and oxygen atoms in total. The first-order chi connectivity index (χ1) is 13.1. The third-order valence-corrected chi connectivity index (χ3v) is 5.28. The number of thioether (sulfide) groups is 1. The minimum atomic E-state index is -1.24. The van der Waals surface area contributed by atoms with Crippen LogP contribution in [0.3, 0.4) is 0 Å². The largest absolute Gasteiger partial charge is 0.394 e. The smallest absolute Gasteiger partial charge is 0.223 e. The van der Waals surface area contributed by atoms with E-state index >= 15 is 0 Å². The summed E-state index contributed by atoms with van der Waals surface area (Å²) in [6.07, 6.45) is -1.11. The van der Waals surface area contributed by atoms with Crippen LogP contribution in [0.5, 0.6) is 0 Å². The van der Waals surface area contributed by atoms with Crippen LogP contribution >= 0.6 is 11.8 Å². The highest BCUT2D eigenvalue weighted by atomic mass is 32.2. The van der Waals surface area contributed by atoms with E-state index in [4.69, 9.17) is 10.5 Å². The molecule has 0 spiro atoms. The van der Waals surface area contributed by atoms with E-state index in [1.54, 1.807) is 6.20 Å². The summed E-state index contributed by atoms with van der Waals surface area (Å²) in [6, 6.07) is 5.66. The van der Waals surface area contributed by atoms with Crippen molar-refractivity contribution >= 4 is 28.9 Å². The minimum Gasteiger partial charge on any atom is -0.394 e. The van der Waals surface area contributed by atoms with Gasteiger partial charge in [0.1, 0.15) is 28.9 Å². The SMILES string of the molecule is Nc1nc(SCc2ccccn2)c2ncn([C@H]3O[C@@H](CO)[C@@H](O)[C@@H]3O)c2n1. The molecule has 11 heteroatoms. The fourth-order valence-electron chi connectivity index (χ4n) is 2.93. The molecule has 0 saturated carbocycles. The van der Waals surface area contributed by atoms with E-state index in [0.29, 0.717) is 21.9 Å². The summed E-state index contributed by atoms with van der Waals surface area (Å²) in [5.41, 5.74) is 7.61. The second-order valence-corrected chi connectivity index (χ2v) is 7.01. The van der Waals surface area contributed by atoms with E-state index in [-0.39, 0.29) is 5.95 Å². The fourth-order valence-corrected chi connectivity index (χ4v) is 3.82. The molecule has 5 N–H and O–H groups in total. The number of aliphatic hydroxyl groups is 3. The van der Waals surface area contributed by atoms with Gasteiger partial charge in [0.25, 0.3) is 0 Å². The first-order valence-corrected chi connectivity index (χ1v) is 9.22. The number of nitrogen functional groups attached to an aromatic ring is 1. The summed E-state index contributed by atoms with van der Waals surface area (Å²) < 4.78 is 7.04. The van der Waals surface area contributed by atoms with Crippen molar-refractivity contribution in [2.45, 2.75) is 35.3 Å². The highest BCUT2D eigenvalue weighted by Crippen LogP contribution is 2.33. The van der Waals surface area contributed by atoms with Crippen molar-refractivity contribution in [3.8, 4) is 0 Å². The molecule has 1 aliphatic heterocycles. The molecule has 1 saturated heterocycles. The van der Waals surface area contributed by atoms with Gasteiger partial charge in [-0.25, -0.2) is 9.97 Å². The quantitative estimate of drug-likeness (QED) is 0.337. The van der Waals surface area contributed by atoms with Gasteiger partial charge < -0.3 is 25.8 Å². The molecule has 1 aliphatic rings. The number of nitrogens with two attached hydrogens (primary N) is 1. The number of pyridine rings is 1. The lowest BCUT2D eigenvalue weighted by Crippen LogP contribution is -2.33. The summed E-state index contributed by atoms with van der Waals surface area (Å²) >= 11 is 1.42. The summed E-state index contributed by atoms with van der Waals surface area (Å²) in [7, 11) is 0. The Bertz CT molecular complexity index is 939. The Balaban J connectivity index is 1.66. The van der Waals surface area contributed by atoms with Gasteiger partial charge in [-0.15, -0.1) is 0 Å². The number of aliphatic hydroxyl groups excluding tert-OH is 3. The Morgan fingerprint density at radius 3 is 2.74 bits per heavy atom. The first-order valence-electron chi connectivity index (χ1n) is 8.23. The van der Waals surface area contributed by atoms with Crippen LogP contribution in [0.4, 0.5) is 5.95 Å². The third kappa shape index (κ3) is 3.35. The molecule has 4 heterocycles. The van der Waals surface area contributed by atoms with Crippen molar-refractivity contribution in [3.05, 3.63) is 36.4 Å². The number of ether oxygens (including phenoxy) is 1. The maximum absolute atomic E-state index is 10.3. The van der Waals surface area contributed by atoms with Gasteiger partial charge in [0.05, 0.1) is 18.6 Å². The Labute approximate surface area is 158 Å². The average molecular weight is 390 g/mol. The predicted molar refractivity (Wildman–Crippen MR) is 96.5 cm³/mol. The summed E-state index contributed by atoms with van der Waals surface area (Å²) in [6.45, 7) is -0.413. The molecule has 0 bridgehead atoms. The summed E-state index contributed by atoms with van der Waals surface area (Å²) in [4.78, 5) is 17.1. The van der Waals surface area contributed by atoms with Gasteiger partial charge in [-0.1, -0.05) is 17.8 Å². The van der Waals surface area contributed by atoms with Crippen molar-refractivity contribution in [3.63, 3.8) is 0 Å². The van der Waals surface area contributed by atoms with Gasteiger partial charge in [0, 0.05) is 11.9 Å². The van der Waals surface area contributed by atoms with E-state index in [1.165, 1.54) is 22.7 Å². The summed E-state index contributed by atoms with van der Waals surface area (Å²) in [5.74, 6) is 0.632. The molecule has 0 aromatic carbocycles. The Kier molecular flexibility index (Phi) is 4.93. The third-order valence-electron chi connectivity index (χ3n) is 4.28. The van der Waals surface area contributed by atoms with Crippen molar-refractivity contribution in [2.75, 3.05) is 12.3 Å². The standard InChI is InChI=1S/C16H18N6O4S/c17-16-20-13-10(14(21-16)27-6-8-3-1-2-4-18-8)19-7-22(13)15-12(25)11(24)9(5-23)26-15/h1-4,7,9,11-12,15,23-25H,5-6H2,(H2,17,20,21)/t9-,11+,12-,15-/m0/s1. The monoisotopic (exact) mass is 390 g/mol. The number of fused-ring (bicyclic) bond motifs is 1. The molecular formula is C16H18N6O4S. The zero-order valence-corrected chi connectivity index (χ0v) is 14.9. The van der Waals surface area contributed by atoms with Crippen molar-refractivity contribution in [1.82, 2.24) is 24.5 Å². The molecule has 0 aliphatic carbocycles. The van der Waals surface area contributed by atoms with Gasteiger partial charge in [-0.2, -0.15) is 4.98 Å². The lowest BCUT2D eigenvalue weighted by molar-refractivity contribution is -0.0511. The van der Waals surface area contributed by atoms with Crippen molar-refractivity contribution < 1.29 is 20.1 Å². The highest BCUT2D eigenvalue weighted by Gasteiger charge is 2.44. The van der Waals surface area contributed by atoms with Gasteiger partial charge >= 0.3 is 0 Å². The van der Waals surface area contributed by atoms with Crippen LogP contribution < -0.4 is 5.73 Å². The van der Waals surface area contributed by atoms with Gasteiger partial charge in [0.15, 0.2) is 11.9 Å². The molecule has 4 atom stereocenters. The zero-order valence-electron chi connectivity index (χ0n) is 14.1. The Hall–Kier alpha value is -2.31. The number of hydrogen-bond donors (Lipinski definition) is 4. The van der Waals surface area contributed by atoms with Crippen LogP contribution in [0, 0.1) is 0 Å². The maximum Gasteiger partial charge on any atom is 0.223 e. The van der Waals surface area contributed by atoms with Crippen LogP contribution in [-0.2, 0) is 10.5 Å². The Morgan fingerprint density at radius 2 is 2.04 bits per heavy atom. The second-order valence-electron chi connectivity index (χ2n) is 6.05. The topological polar surface area (TPSA) is 152 Å². The molecule has 4 rings (SSSR count). The number of imidazole rings is 1. The molecule has 0 unspecified atom stereocenters. The van der Waals surface area contributed by atoms with Crippen molar-refractivity contribution in [2.24, 2.45) is 0 Å². The van der Waals surface area contributed by atoms with Gasteiger partial charge in [-0.05, 0) is 12.1 Å². The normalized spacial score (nSPS) is 25.3.